The Morgan fingerprint density at radius 1 is 1.65 bits per heavy atom. The summed E-state index contributed by atoms with van der Waals surface area (Å²) in [7, 11) is 2.04. The number of aromatic nitrogens is 2. The lowest BCUT2D eigenvalue weighted by molar-refractivity contribution is 0.251. The summed E-state index contributed by atoms with van der Waals surface area (Å²) in [6, 6.07) is 0.272. The number of hydrogen-bond donors (Lipinski definition) is 2. The highest BCUT2D eigenvalue weighted by Crippen LogP contribution is 2.03. The first-order valence-corrected chi connectivity index (χ1v) is 5.76. The smallest absolute Gasteiger partial charge is 0.140 e. The van der Waals surface area contributed by atoms with E-state index in [4.69, 9.17) is 10.9 Å². The molecule has 1 aromatic rings. The second kappa shape index (κ2) is 6.90. The van der Waals surface area contributed by atoms with Gasteiger partial charge in [-0.2, -0.15) is 0 Å². The molecular formula is C11H21N5O. The lowest BCUT2D eigenvalue weighted by atomic mass is 10.2. The Labute approximate surface area is 102 Å². The number of aryl methyl sites for hydroxylation is 1. The maximum absolute atomic E-state index is 8.50. The molecule has 0 amide bonds. The zero-order chi connectivity index (χ0) is 12.7. The third-order valence-corrected chi connectivity index (χ3v) is 2.87. The number of rotatable bonds is 7. The molecule has 0 aliphatic carbocycles. The van der Waals surface area contributed by atoms with E-state index in [1.54, 1.807) is 6.20 Å². The fourth-order valence-corrected chi connectivity index (χ4v) is 1.64. The maximum Gasteiger partial charge on any atom is 0.140 e. The van der Waals surface area contributed by atoms with Gasteiger partial charge in [0.05, 0.1) is 6.33 Å². The second-order valence-corrected chi connectivity index (χ2v) is 4.28. The molecule has 0 aliphatic rings. The van der Waals surface area contributed by atoms with E-state index in [-0.39, 0.29) is 11.9 Å². The number of nitrogens with two attached hydrogens (primary N) is 1. The SMILES string of the molecule is CC(CC(N)=NO)N(C)CCCn1ccnc1. The lowest BCUT2D eigenvalue weighted by Crippen LogP contribution is -2.34. The maximum atomic E-state index is 8.50. The van der Waals surface area contributed by atoms with Crippen molar-refractivity contribution in [3.05, 3.63) is 18.7 Å². The standard InChI is InChI=1S/C11H21N5O/c1-10(8-11(12)14-17)15(2)5-3-6-16-7-4-13-9-16/h4,7,9-10,17H,3,5-6,8H2,1-2H3,(H2,12,14). The average molecular weight is 239 g/mol. The van der Waals surface area contributed by atoms with Crippen LogP contribution >= 0.6 is 0 Å². The van der Waals surface area contributed by atoms with Crippen LogP contribution in [0.3, 0.4) is 0 Å². The summed E-state index contributed by atoms with van der Waals surface area (Å²) in [6.07, 6.45) is 7.19. The zero-order valence-corrected chi connectivity index (χ0v) is 10.5. The minimum absolute atomic E-state index is 0.272. The van der Waals surface area contributed by atoms with Crippen LogP contribution in [-0.2, 0) is 6.54 Å². The van der Waals surface area contributed by atoms with E-state index in [2.05, 4.69) is 26.5 Å². The number of hydrogen-bond acceptors (Lipinski definition) is 4. The highest BCUT2D eigenvalue weighted by molar-refractivity contribution is 5.80. The summed E-state index contributed by atoms with van der Waals surface area (Å²) >= 11 is 0. The van der Waals surface area contributed by atoms with Crippen LogP contribution < -0.4 is 5.73 Å². The van der Waals surface area contributed by atoms with Crippen LogP contribution in [0.15, 0.2) is 23.9 Å². The Morgan fingerprint density at radius 2 is 2.41 bits per heavy atom. The molecule has 17 heavy (non-hydrogen) atoms. The van der Waals surface area contributed by atoms with Gasteiger partial charge in [0, 0.05) is 31.4 Å². The first kappa shape index (κ1) is 13.5. The molecule has 1 unspecified atom stereocenters. The van der Waals surface area contributed by atoms with Crippen LogP contribution in [0.2, 0.25) is 0 Å². The molecule has 0 aromatic carbocycles. The molecule has 0 saturated heterocycles. The van der Waals surface area contributed by atoms with Crippen molar-refractivity contribution < 1.29 is 5.21 Å². The summed E-state index contributed by atoms with van der Waals surface area (Å²) in [5.41, 5.74) is 5.48. The number of nitrogens with zero attached hydrogens (tertiary/aromatic N) is 4. The zero-order valence-electron chi connectivity index (χ0n) is 10.5. The molecule has 0 saturated carbocycles. The van der Waals surface area contributed by atoms with Crippen molar-refractivity contribution in [1.82, 2.24) is 14.5 Å². The van der Waals surface area contributed by atoms with Crippen LogP contribution in [0, 0.1) is 0 Å². The number of oxime groups is 1. The van der Waals surface area contributed by atoms with Crippen LogP contribution in [0.5, 0.6) is 0 Å². The van der Waals surface area contributed by atoms with Gasteiger partial charge in [0.2, 0.25) is 0 Å². The molecule has 6 nitrogen and oxygen atoms in total. The minimum Gasteiger partial charge on any atom is -0.409 e. The van der Waals surface area contributed by atoms with E-state index >= 15 is 0 Å². The summed E-state index contributed by atoms with van der Waals surface area (Å²) < 4.78 is 2.06. The van der Waals surface area contributed by atoms with E-state index < -0.39 is 0 Å². The van der Waals surface area contributed by atoms with Gasteiger partial charge >= 0.3 is 0 Å². The van der Waals surface area contributed by atoms with Crippen molar-refractivity contribution in [2.24, 2.45) is 10.9 Å². The highest BCUT2D eigenvalue weighted by atomic mass is 16.4. The van der Waals surface area contributed by atoms with Crippen molar-refractivity contribution in [2.75, 3.05) is 13.6 Å². The Bertz CT molecular complexity index is 336. The van der Waals surface area contributed by atoms with E-state index in [1.165, 1.54) is 0 Å². The van der Waals surface area contributed by atoms with E-state index in [1.807, 2.05) is 19.6 Å². The molecule has 1 rings (SSSR count). The number of imidazole rings is 1. The molecule has 1 heterocycles. The molecular weight excluding hydrogens is 218 g/mol. The molecule has 1 atom stereocenters. The largest absolute Gasteiger partial charge is 0.409 e. The minimum atomic E-state index is 0.272. The predicted octanol–water partition coefficient (Wildman–Crippen LogP) is 0.730. The monoisotopic (exact) mass is 239 g/mol. The lowest BCUT2D eigenvalue weighted by Gasteiger charge is -2.24. The Kier molecular flexibility index (Phi) is 5.48. The first-order valence-electron chi connectivity index (χ1n) is 5.76. The molecule has 3 N–H and O–H groups in total. The van der Waals surface area contributed by atoms with Gasteiger partial charge in [0.25, 0.3) is 0 Å². The molecule has 96 valence electrons. The van der Waals surface area contributed by atoms with Gasteiger partial charge in [0.1, 0.15) is 5.84 Å². The quantitative estimate of drug-likeness (QED) is 0.318. The second-order valence-electron chi connectivity index (χ2n) is 4.28. The van der Waals surface area contributed by atoms with Crippen LogP contribution in [-0.4, -0.2) is 45.1 Å². The summed E-state index contributed by atoms with van der Waals surface area (Å²) in [5.74, 6) is 0.277. The van der Waals surface area contributed by atoms with Crippen molar-refractivity contribution in [1.29, 1.82) is 0 Å². The van der Waals surface area contributed by atoms with Gasteiger partial charge in [-0.15, -0.1) is 0 Å². The number of amidine groups is 1. The van der Waals surface area contributed by atoms with Gasteiger partial charge in [-0.1, -0.05) is 5.16 Å². The van der Waals surface area contributed by atoms with Crippen molar-refractivity contribution in [2.45, 2.75) is 32.4 Å². The first-order chi connectivity index (χ1) is 8.13. The molecule has 0 aliphatic heterocycles. The Morgan fingerprint density at radius 3 is 3.00 bits per heavy atom. The van der Waals surface area contributed by atoms with Crippen molar-refractivity contribution in [3.63, 3.8) is 0 Å². The van der Waals surface area contributed by atoms with Crippen molar-refractivity contribution in [3.8, 4) is 0 Å². The molecule has 0 radical (unpaired) electrons. The third kappa shape index (κ3) is 4.86. The van der Waals surface area contributed by atoms with Gasteiger partial charge in [-0.05, 0) is 26.9 Å². The fourth-order valence-electron chi connectivity index (χ4n) is 1.64. The van der Waals surface area contributed by atoms with E-state index in [0.717, 1.165) is 19.5 Å². The average Bonchev–Trinajstić information content (AvgIpc) is 2.81. The van der Waals surface area contributed by atoms with Gasteiger partial charge in [-0.25, -0.2) is 4.98 Å². The van der Waals surface area contributed by atoms with E-state index in [0.29, 0.717) is 6.42 Å². The molecule has 6 heteroatoms. The van der Waals surface area contributed by atoms with Gasteiger partial charge in [-0.3, -0.25) is 0 Å². The van der Waals surface area contributed by atoms with Crippen molar-refractivity contribution >= 4 is 5.84 Å². The Balaban J connectivity index is 2.22. The van der Waals surface area contributed by atoms with Crippen LogP contribution in [0.25, 0.3) is 0 Å². The molecule has 0 bridgehead atoms. The summed E-state index contributed by atoms with van der Waals surface area (Å²) in [6.45, 7) is 3.99. The normalized spacial score (nSPS) is 14.2. The topological polar surface area (TPSA) is 79.7 Å². The Hall–Kier alpha value is -1.56. The summed E-state index contributed by atoms with van der Waals surface area (Å²) in [5, 5.41) is 11.5. The van der Waals surface area contributed by atoms with Crippen LogP contribution in [0.1, 0.15) is 19.8 Å². The molecule has 1 aromatic heterocycles. The van der Waals surface area contributed by atoms with E-state index in [9.17, 15) is 0 Å². The predicted molar refractivity (Wildman–Crippen MR) is 67.0 cm³/mol. The molecule has 0 spiro atoms. The fraction of sp³-hybridized carbons (Fsp3) is 0.636. The van der Waals surface area contributed by atoms with Gasteiger partial charge in [0.15, 0.2) is 0 Å². The van der Waals surface area contributed by atoms with Crippen LogP contribution in [0.4, 0.5) is 0 Å². The third-order valence-electron chi connectivity index (χ3n) is 2.87. The highest BCUT2D eigenvalue weighted by Gasteiger charge is 2.10. The summed E-state index contributed by atoms with van der Waals surface area (Å²) in [4.78, 5) is 6.20. The van der Waals surface area contributed by atoms with Gasteiger partial charge < -0.3 is 20.4 Å². The molecule has 0 fully saturated rings.